The lowest BCUT2D eigenvalue weighted by molar-refractivity contribution is -0.226. The number of carbonyl (C=O) groups excluding carboxylic acids is 1. The van der Waals surface area contributed by atoms with Crippen LogP contribution in [0, 0.1) is 11.3 Å². The minimum atomic E-state index is -0.803. The zero-order chi connectivity index (χ0) is 15.9. The van der Waals surface area contributed by atoms with Gasteiger partial charge >= 0.3 is 0 Å². The molecule has 0 aromatic rings. The van der Waals surface area contributed by atoms with Crippen LogP contribution in [0.3, 0.4) is 0 Å². The zero-order valence-electron chi connectivity index (χ0n) is 14.3. The second-order valence-electron chi connectivity index (χ2n) is 7.43. The number of nitrogens with two attached hydrogens (primary N) is 1. The first-order valence-corrected chi connectivity index (χ1v) is 8.52. The van der Waals surface area contributed by atoms with Gasteiger partial charge in [0.15, 0.2) is 0 Å². The molecule has 0 aromatic carbocycles. The van der Waals surface area contributed by atoms with E-state index in [1.807, 2.05) is 0 Å². The standard InChI is InChI=1S/C17H32N2O2/c1-6-16(7-2,8-3)19-14(20)17(18)12-10-9-11-21-13(12)15(17,4)5/h12-13H,6-11,18H2,1-5H3,(H,19,20). The Bertz CT molecular complexity index is 395. The second kappa shape index (κ2) is 5.54. The molecule has 4 heteroatoms. The van der Waals surface area contributed by atoms with Crippen LogP contribution in [-0.4, -0.2) is 29.7 Å². The maximum Gasteiger partial charge on any atom is 0.241 e. The van der Waals surface area contributed by atoms with E-state index in [-0.39, 0.29) is 28.9 Å². The van der Waals surface area contributed by atoms with Crippen molar-refractivity contribution in [2.75, 3.05) is 6.61 Å². The molecule has 3 atom stereocenters. The molecule has 2 rings (SSSR count). The number of amides is 1. The molecule has 1 saturated carbocycles. The Morgan fingerprint density at radius 2 is 1.86 bits per heavy atom. The summed E-state index contributed by atoms with van der Waals surface area (Å²) in [6.45, 7) is 11.3. The molecule has 3 N–H and O–H groups in total. The van der Waals surface area contributed by atoms with E-state index < -0.39 is 5.54 Å². The molecule has 1 heterocycles. The molecule has 3 unspecified atom stereocenters. The molecule has 0 bridgehead atoms. The highest BCUT2D eigenvalue weighted by Crippen LogP contribution is 2.57. The monoisotopic (exact) mass is 296 g/mol. The van der Waals surface area contributed by atoms with Gasteiger partial charge in [0, 0.05) is 23.5 Å². The maximum absolute atomic E-state index is 13.0. The number of hydrogen-bond donors (Lipinski definition) is 2. The number of fused-ring (bicyclic) bond motifs is 1. The normalized spacial score (nSPS) is 34.8. The van der Waals surface area contributed by atoms with E-state index in [1.165, 1.54) is 0 Å². The van der Waals surface area contributed by atoms with Gasteiger partial charge in [-0.25, -0.2) is 0 Å². The number of nitrogens with one attached hydrogen (secondary N) is 1. The molecule has 1 aliphatic heterocycles. The van der Waals surface area contributed by atoms with Crippen molar-refractivity contribution in [2.45, 2.75) is 83.9 Å². The lowest BCUT2D eigenvalue weighted by atomic mass is 9.46. The quantitative estimate of drug-likeness (QED) is 0.819. The molecule has 1 amide bonds. The Morgan fingerprint density at radius 1 is 1.29 bits per heavy atom. The number of hydrogen-bond acceptors (Lipinski definition) is 3. The Hall–Kier alpha value is -0.610. The second-order valence-corrected chi connectivity index (χ2v) is 7.43. The van der Waals surface area contributed by atoms with Crippen molar-refractivity contribution in [1.29, 1.82) is 0 Å². The van der Waals surface area contributed by atoms with Crippen LogP contribution < -0.4 is 11.1 Å². The molecule has 21 heavy (non-hydrogen) atoms. The molecule has 0 spiro atoms. The predicted molar refractivity (Wildman–Crippen MR) is 84.9 cm³/mol. The van der Waals surface area contributed by atoms with Crippen LogP contribution in [0.4, 0.5) is 0 Å². The van der Waals surface area contributed by atoms with Crippen LogP contribution >= 0.6 is 0 Å². The van der Waals surface area contributed by atoms with Gasteiger partial charge in [-0.1, -0.05) is 34.6 Å². The van der Waals surface area contributed by atoms with Crippen LogP contribution in [0.5, 0.6) is 0 Å². The van der Waals surface area contributed by atoms with Crippen molar-refractivity contribution >= 4 is 5.91 Å². The molecule has 4 nitrogen and oxygen atoms in total. The molecule has 1 saturated heterocycles. The fraction of sp³-hybridized carbons (Fsp3) is 0.941. The summed E-state index contributed by atoms with van der Waals surface area (Å²) >= 11 is 0. The van der Waals surface area contributed by atoms with E-state index in [0.29, 0.717) is 0 Å². The van der Waals surface area contributed by atoms with Crippen molar-refractivity contribution in [3.63, 3.8) is 0 Å². The summed E-state index contributed by atoms with van der Waals surface area (Å²) in [5.74, 6) is 0.175. The van der Waals surface area contributed by atoms with E-state index in [9.17, 15) is 4.79 Å². The van der Waals surface area contributed by atoms with Gasteiger partial charge in [-0.2, -0.15) is 0 Å². The Labute approximate surface area is 129 Å². The van der Waals surface area contributed by atoms with E-state index >= 15 is 0 Å². The molecule has 2 aliphatic rings. The van der Waals surface area contributed by atoms with Gasteiger partial charge in [0.2, 0.25) is 5.91 Å². The third kappa shape index (κ3) is 2.22. The van der Waals surface area contributed by atoms with Crippen LogP contribution in [-0.2, 0) is 9.53 Å². The van der Waals surface area contributed by atoms with E-state index in [4.69, 9.17) is 10.5 Å². The Morgan fingerprint density at radius 3 is 2.38 bits per heavy atom. The topological polar surface area (TPSA) is 64.4 Å². The van der Waals surface area contributed by atoms with Crippen molar-refractivity contribution in [2.24, 2.45) is 17.1 Å². The van der Waals surface area contributed by atoms with Gasteiger partial charge < -0.3 is 15.8 Å². The summed E-state index contributed by atoms with van der Waals surface area (Å²) in [5.41, 5.74) is 5.43. The van der Waals surface area contributed by atoms with E-state index in [1.54, 1.807) is 0 Å². The van der Waals surface area contributed by atoms with Gasteiger partial charge in [0.05, 0.1) is 6.10 Å². The van der Waals surface area contributed by atoms with E-state index in [2.05, 4.69) is 39.9 Å². The number of carbonyl (C=O) groups is 1. The molecule has 122 valence electrons. The molecule has 0 aromatic heterocycles. The van der Waals surface area contributed by atoms with Crippen molar-refractivity contribution in [1.82, 2.24) is 5.32 Å². The van der Waals surface area contributed by atoms with Crippen LogP contribution in [0.2, 0.25) is 0 Å². The molecule has 1 aliphatic carbocycles. The summed E-state index contributed by atoms with van der Waals surface area (Å²) in [7, 11) is 0. The molecular formula is C17H32N2O2. The highest BCUT2D eigenvalue weighted by molar-refractivity contribution is 5.90. The van der Waals surface area contributed by atoms with Crippen LogP contribution in [0.25, 0.3) is 0 Å². The highest BCUT2D eigenvalue weighted by Gasteiger charge is 2.70. The zero-order valence-corrected chi connectivity index (χ0v) is 14.3. The average molecular weight is 296 g/mol. The Balaban J connectivity index is 2.21. The number of rotatable bonds is 5. The lowest BCUT2D eigenvalue weighted by Gasteiger charge is -2.65. The summed E-state index contributed by atoms with van der Waals surface area (Å²) in [5, 5.41) is 3.29. The minimum Gasteiger partial charge on any atom is -0.377 e. The summed E-state index contributed by atoms with van der Waals surface area (Å²) in [6.07, 6.45) is 4.94. The summed E-state index contributed by atoms with van der Waals surface area (Å²) in [6, 6.07) is 0. The average Bonchev–Trinajstić information content (AvgIpc) is 2.51. The van der Waals surface area contributed by atoms with Gasteiger partial charge in [-0.3, -0.25) is 4.79 Å². The first-order chi connectivity index (χ1) is 9.79. The highest BCUT2D eigenvalue weighted by atomic mass is 16.5. The summed E-state index contributed by atoms with van der Waals surface area (Å²) in [4.78, 5) is 13.0. The van der Waals surface area contributed by atoms with Crippen LogP contribution in [0.1, 0.15) is 66.7 Å². The largest absolute Gasteiger partial charge is 0.377 e. The van der Waals surface area contributed by atoms with Crippen molar-refractivity contribution in [3.05, 3.63) is 0 Å². The minimum absolute atomic E-state index is 0.0183. The smallest absolute Gasteiger partial charge is 0.241 e. The van der Waals surface area contributed by atoms with Gasteiger partial charge in [0.1, 0.15) is 5.54 Å². The van der Waals surface area contributed by atoms with Gasteiger partial charge in [-0.05, 0) is 32.1 Å². The predicted octanol–water partition coefficient (Wildman–Crippen LogP) is 2.60. The first kappa shape index (κ1) is 16.8. The fourth-order valence-corrected chi connectivity index (χ4v) is 4.40. The van der Waals surface area contributed by atoms with Crippen molar-refractivity contribution < 1.29 is 9.53 Å². The maximum atomic E-state index is 13.0. The van der Waals surface area contributed by atoms with Crippen molar-refractivity contribution in [3.8, 4) is 0 Å². The fourth-order valence-electron chi connectivity index (χ4n) is 4.40. The first-order valence-electron chi connectivity index (χ1n) is 8.52. The molecule has 2 fully saturated rings. The Kier molecular flexibility index (Phi) is 4.42. The molecular weight excluding hydrogens is 264 g/mol. The van der Waals surface area contributed by atoms with Gasteiger partial charge in [-0.15, -0.1) is 0 Å². The van der Waals surface area contributed by atoms with Crippen LogP contribution in [0.15, 0.2) is 0 Å². The number of ether oxygens (including phenoxy) is 1. The summed E-state index contributed by atoms with van der Waals surface area (Å²) < 4.78 is 5.89. The SMILES string of the molecule is CCC(CC)(CC)NC(=O)C1(N)C2CCCOC2C1(C)C. The molecule has 0 radical (unpaired) electrons. The third-order valence-corrected chi connectivity index (χ3v) is 6.47. The third-order valence-electron chi connectivity index (χ3n) is 6.47. The lowest BCUT2D eigenvalue weighted by Crippen LogP contribution is -2.83. The van der Waals surface area contributed by atoms with E-state index in [0.717, 1.165) is 38.7 Å². The van der Waals surface area contributed by atoms with Gasteiger partial charge in [0.25, 0.3) is 0 Å².